The van der Waals surface area contributed by atoms with Crippen molar-refractivity contribution in [3.8, 4) is 0 Å². The number of fused-ring (bicyclic) bond motifs is 1. The molecule has 1 aromatic heterocycles. The number of aromatic nitrogens is 2. The summed E-state index contributed by atoms with van der Waals surface area (Å²) in [6.07, 6.45) is 5.27. The Morgan fingerprint density at radius 3 is 3.05 bits per heavy atom. The van der Waals surface area contributed by atoms with Gasteiger partial charge in [-0.25, -0.2) is 4.98 Å². The van der Waals surface area contributed by atoms with Crippen molar-refractivity contribution in [2.24, 2.45) is 0 Å². The molecule has 1 aliphatic rings. The minimum absolute atomic E-state index is 0.349. The number of rotatable bonds is 3. The zero-order chi connectivity index (χ0) is 13.4. The highest BCUT2D eigenvalue weighted by molar-refractivity contribution is 5.60. The molecule has 0 aliphatic carbocycles. The summed E-state index contributed by atoms with van der Waals surface area (Å²) >= 11 is 0. The molecule has 2 aromatic rings. The molecule has 1 atom stereocenters. The lowest BCUT2D eigenvalue weighted by atomic mass is 10.1. The highest BCUT2D eigenvalue weighted by Crippen LogP contribution is 2.38. The van der Waals surface area contributed by atoms with Crippen LogP contribution in [0.25, 0.3) is 0 Å². The smallest absolute Gasteiger partial charge is 0.129 e. The molecule has 0 saturated carbocycles. The second-order valence-electron chi connectivity index (χ2n) is 5.51. The summed E-state index contributed by atoms with van der Waals surface area (Å²) in [5, 5.41) is 0. The van der Waals surface area contributed by atoms with Gasteiger partial charge in [0, 0.05) is 31.0 Å². The van der Waals surface area contributed by atoms with Crippen LogP contribution in [0.3, 0.4) is 0 Å². The Bertz CT molecular complexity index is 585. The van der Waals surface area contributed by atoms with Crippen molar-refractivity contribution in [3.63, 3.8) is 0 Å². The van der Waals surface area contributed by atoms with E-state index in [0.29, 0.717) is 6.04 Å². The van der Waals surface area contributed by atoms with Gasteiger partial charge >= 0.3 is 0 Å². The molecule has 3 nitrogen and oxygen atoms in total. The van der Waals surface area contributed by atoms with Crippen LogP contribution in [0.2, 0.25) is 0 Å². The predicted molar refractivity (Wildman–Crippen MR) is 78.6 cm³/mol. The van der Waals surface area contributed by atoms with E-state index in [-0.39, 0.29) is 0 Å². The SMILES string of the molecule is CCCc1cnc(C2Cc3cc(C)ccc3N2C)[nH]1. The van der Waals surface area contributed by atoms with Crippen molar-refractivity contribution < 1.29 is 0 Å². The van der Waals surface area contributed by atoms with Gasteiger partial charge in [0.1, 0.15) is 5.82 Å². The summed E-state index contributed by atoms with van der Waals surface area (Å²) in [5.74, 6) is 1.10. The molecule has 0 saturated heterocycles. The molecule has 3 rings (SSSR count). The van der Waals surface area contributed by atoms with E-state index in [1.54, 1.807) is 0 Å². The van der Waals surface area contributed by atoms with E-state index in [9.17, 15) is 0 Å². The maximum Gasteiger partial charge on any atom is 0.129 e. The largest absolute Gasteiger partial charge is 0.364 e. The number of aromatic amines is 1. The van der Waals surface area contributed by atoms with Crippen LogP contribution in [-0.4, -0.2) is 17.0 Å². The molecule has 0 amide bonds. The molecule has 1 N–H and O–H groups in total. The normalized spacial score (nSPS) is 17.8. The molecule has 0 bridgehead atoms. The Hall–Kier alpha value is -1.77. The molecule has 1 aromatic carbocycles. The van der Waals surface area contributed by atoms with Crippen molar-refractivity contribution in [1.29, 1.82) is 0 Å². The van der Waals surface area contributed by atoms with Crippen molar-refractivity contribution >= 4 is 5.69 Å². The van der Waals surface area contributed by atoms with E-state index >= 15 is 0 Å². The predicted octanol–water partition coefficient (Wildman–Crippen LogP) is 3.40. The molecule has 0 spiro atoms. The lowest BCUT2D eigenvalue weighted by Gasteiger charge is -2.20. The zero-order valence-corrected chi connectivity index (χ0v) is 11.9. The van der Waals surface area contributed by atoms with Crippen LogP contribution in [0.4, 0.5) is 5.69 Å². The maximum absolute atomic E-state index is 4.58. The van der Waals surface area contributed by atoms with Crippen LogP contribution in [0.15, 0.2) is 24.4 Å². The third-order valence-corrected chi connectivity index (χ3v) is 3.98. The molecule has 1 aliphatic heterocycles. The molecule has 0 fully saturated rings. The molecule has 100 valence electrons. The summed E-state index contributed by atoms with van der Waals surface area (Å²) in [6, 6.07) is 7.05. The van der Waals surface area contributed by atoms with E-state index in [4.69, 9.17) is 0 Å². The van der Waals surface area contributed by atoms with Crippen LogP contribution < -0.4 is 4.90 Å². The first-order valence-electron chi connectivity index (χ1n) is 7.05. The van der Waals surface area contributed by atoms with Gasteiger partial charge in [0.25, 0.3) is 0 Å². The third-order valence-electron chi connectivity index (χ3n) is 3.98. The van der Waals surface area contributed by atoms with Gasteiger partial charge < -0.3 is 9.88 Å². The van der Waals surface area contributed by atoms with Gasteiger partial charge in [-0.3, -0.25) is 0 Å². The Kier molecular flexibility index (Phi) is 3.05. The van der Waals surface area contributed by atoms with Gasteiger partial charge in [-0.2, -0.15) is 0 Å². The number of hydrogen-bond acceptors (Lipinski definition) is 2. The lowest BCUT2D eigenvalue weighted by Crippen LogP contribution is -2.20. The van der Waals surface area contributed by atoms with Gasteiger partial charge in [-0.05, 0) is 25.0 Å². The lowest BCUT2D eigenvalue weighted by molar-refractivity contribution is 0.670. The second-order valence-corrected chi connectivity index (χ2v) is 5.51. The van der Waals surface area contributed by atoms with E-state index in [0.717, 1.165) is 25.1 Å². The molecule has 2 heterocycles. The fourth-order valence-corrected chi connectivity index (χ4v) is 2.96. The third kappa shape index (κ3) is 2.14. The first-order chi connectivity index (χ1) is 9.19. The molecule has 0 radical (unpaired) electrons. The van der Waals surface area contributed by atoms with Crippen molar-refractivity contribution in [2.75, 3.05) is 11.9 Å². The highest BCUT2D eigenvalue weighted by atomic mass is 15.2. The van der Waals surface area contributed by atoms with Crippen LogP contribution in [0.5, 0.6) is 0 Å². The Morgan fingerprint density at radius 1 is 1.42 bits per heavy atom. The fourth-order valence-electron chi connectivity index (χ4n) is 2.96. The van der Waals surface area contributed by atoms with E-state index in [1.807, 2.05) is 6.20 Å². The maximum atomic E-state index is 4.58. The standard InChI is InChI=1S/C16H21N3/c1-4-5-13-10-17-16(18-13)15-9-12-8-11(2)6-7-14(12)19(15)3/h6-8,10,15H,4-5,9H2,1-3H3,(H,17,18). The van der Waals surface area contributed by atoms with E-state index in [1.165, 1.54) is 22.5 Å². The van der Waals surface area contributed by atoms with Crippen LogP contribution in [0, 0.1) is 6.92 Å². The summed E-state index contributed by atoms with van der Waals surface area (Å²) in [6.45, 7) is 4.35. The average Bonchev–Trinajstić information content (AvgIpc) is 2.95. The number of nitrogens with zero attached hydrogens (tertiary/aromatic N) is 2. The van der Waals surface area contributed by atoms with E-state index in [2.05, 4.69) is 54.0 Å². The van der Waals surface area contributed by atoms with Gasteiger partial charge in [-0.15, -0.1) is 0 Å². The van der Waals surface area contributed by atoms with Crippen LogP contribution >= 0.6 is 0 Å². The minimum Gasteiger partial charge on any atom is -0.364 e. The summed E-state index contributed by atoms with van der Waals surface area (Å²) in [4.78, 5) is 10.4. The zero-order valence-electron chi connectivity index (χ0n) is 11.9. The first kappa shape index (κ1) is 12.3. The van der Waals surface area contributed by atoms with Gasteiger partial charge in [0.05, 0.1) is 6.04 Å². The summed E-state index contributed by atoms with van der Waals surface area (Å²) in [5.41, 5.74) is 5.35. The van der Waals surface area contributed by atoms with Crippen LogP contribution in [0.1, 0.15) is 42.0 Å². The molecular formula is C16H21N3. The molecule has 3 heteroatoms. The number of imidazole rings is 1. The van der Waals surface area contributed by atoms with Gasteiger partial charge in [-0.1, -0.05) is 31.0 Å². The number of benzene rings is 1. The topological polar surface area (TPSA) is 31.9 Å². The quantitative estimate of drug-likeness (QED) is 0.911. The monoisotopic (exact) mass is 255 g/mol. The molecule has 1 unspecified atom stereocenters. The van der Waals surface area contributed by atoms with E-state index < -0.39 is 0 Å². The highest BCUT2D eigenvalue weighted by Gasteiger charge is 2.29. The molecule has 19 heavy (non-hydrogen) atoms. The average molecular weight is 255 g/mol. The number of hydrogen-bond donors (Lipinski definition) is 1. The fraction of sp³-hybridized carbons (Fsp3) is 0.438. The number of likely N-dealkylation sites (N-methyl/N-ethyl adjacent to an activating group) is 1. The summed E-state index contributed by atoms with van der Waals surface area (Å²) < 4.78 is 0. The van der Waals surface area contributed by atoms with Crippen molar-refractivity contribution in [2.45, 2.75) is 39.2 Å². The van der Waals surface area contributed by atoms with Crippen molar-refractivity contribution in [3.05, 3.63) is 47.0 Å². The number of aryl methyl sites for hydroxylation is 2. The van der Waals surface area contributed by atoms with Gasteiger partial charge in [0.15, 0.2) is 0 Å². The van der Waals surface area contributed by atoms with Gasteiger partial charge in [0.2, 0.25) is 0 Å². The van der Waals surface area contributed by atoms with Crippen LogP contribution in [-0.2, 0) is 12.8 Å². The Morgan fingerprint density at radius 2 is 2.26 bits per heavy atom. The van der Waals surface area contributed by atoms with Crippen molar-refractivity contribution in [1.82, 2.24) is 9.97 Å². The minimum atomic E-state index is 0.349. The number of H-pyrrole nitrogens is 1. The number of nitrogens with one attached hydrogen (secondary N) is 1. The number of anilines is 1. The Balaban J connectivity index is 1.87. The first-order valence-corrected chi connectivity index (χ1v) is 7.05. The summed E-state index contributed by atoms with van der Waals surface area (Å²) in [7, 11) is 2.16. The molecular weight excluding hydrogens is 234 g/mol. The second kappa shape index (κ2) is 4.72. The Labute approximate surface area is 114 Å².